The van der Waals surface area contributed by atoms with Gasteiger partial charge in [-0.1, -0.05) is 24.3 Å². The van der Waals surface area contributed by atoms with E-state index in [2.05, 4.69) is 4.98 Å². The molecule has 3 aromatic rings. The van der Waals surface area contributed by atoms with E-state index in [9.17, 15) is 4.39 Å². The van der Waals surface area contributed by atoms with E-state index in [0.29, 0.717) is 5.13 Å². The quantitative estimate of drug-likeness (QED) is 0.762. The van der Waals surface area contributed by atoms with E-state index in [1.165, 1.54) is 23.5 Å². The van der Waals surface area contributed by atoms with Crippen LogP contribution in [0.4, 0.5) is 9.52 Å². The van der Waals surface area contributed by atoms with Crippen LogP contribution in [-0.4, -0.2) is 12.1 Å². The second-order valence-electron chi connectivity index (χ2n) is 5.27. The van der Waals surface area contributed by atoms with Crippen molar-refractivity contribution in [1.29, 1.82) is 0 Å². The lowest BCUT2D eigenvalue weighted by molar-refractivity contribution is 0.414. The molecule has 2 N–H and O–H groups in total. The number of benzene rings is 2. The first-order valence-electron chi connectivity index (χ1n) is 7.25. The highest BCUT2D eigenvalue weighted by atomic mass is 32.1. The Hall–Kier alpha value is -2.40. The van der Waals surface area contributed by atoms with E-state index in [1.807, 2.05) is 41.8 Å². The first-order valence-corrected chi connectivity index (χ1v) is 8.13. The Kier molecular flexibility index (Phi) is 4.57. The van der Waals surface area contributed by atoms with Gasteiger partial charge in [0, 0.05) is 11.3 Å². The molecular weight excluding hydrogens is 311 g/mol. The number of rotatable bonds is 5. The SMILES string of the molecule is COc1ccc(C(Cc2ccc(F)cc2)c2csc(N)n2)cc1. The maximum atomic E-state index is 13.1. The minimum atomic E-state index is -0.229. The first kappa shape index (κ1) is 15.5. The smallest absolute Gasteiger partial charge is 0.180 e. The summed E-state index contributed by atoms with van der Waals surface area (Å²) in [5.74, 6) is 0.652. The van der Waals surface area contributed by atoms with E-state index in [4.69, 9.17) is 10.5 Å². The molecule has 0 aliphatic carbocycles. The van der Waals surface area contributed by atoms with Crippen molar-refractivity contribution in [2.75, 3.05) is 12.8 Å². The molecule has 0 radical (unpaired) electrons. The minimum Gasteiger partial charge on any atom is -0.497 e. The van der Waals surface area contributed by atoms with Crippen molar-refractivity contribution in [2.24, 2.45) is 0 Å². The zero-order valence-electron chi connectivity index (χ0n) is 12.7. The highest BCUT2D eigenvalue weighted by Crippen LogP contribution is 2.31. The second kappa shape index (κ2) is 6.79. The van der Waals surface area contributed by atoms with Crippen LogP contribution >= 0.6 is 11.3 Å². The fraction of sp³-hybridized carbons (Fsp3) is 0.167. The van der Waals surface area contributed by atoms with E-state index in [1.54, 1.807) is 7.11 Å². The fourth-order valence-electron chi connectivity index (χ4n) is 2.55. The van der Waals surface area contributed by atoms with E-state index < -0.39 is 0 Å². The van der Waals surface area contributed by atoms with Crippen LogP contribution in [0.2, 0.25) is 0 Å². The summed E-state index contributed by atoms with van der Waals surface area (Å²) >= 11 is 1.43. The third kappa shape index (κ3) is 3.68. The van der Waals surface area contributed by atoms with Gasteiger partial charge in [0.05, 0.1) is 12.8 Å². The Morgan fingerprint density at radius 1 is 1.13 bits per heavy atom. The van der Waals surface area contributed by atoms with Crippen molar-refractivity contribution < 1.29 is 9.13 Å². The minimum absolute atomic E-state index is 0.0694. The number of methoxy groups -OCH3 is 1. The number of nitrogens with two attached hydrogens (primary N) is 1. The number of thiazole rings is 1. The average Bonchev–Trinajstić information content (AvgIpc) is 3.01. The molecule has 0 spiro atoms. The van der Waals surface area contributed by atoms with Crippen LogP contribution in [0.1, 0.15) is 22.7 Å². The van der Waals surface area contributed by atoms with E-state index >= 15 is 0 Å². The number of nitrogens with zero attached hydrogens (tertiary/aromatic N) is 1. The van der Waals surface area contributed by atoms with Crippen LogP contribution in [0, 0.1) is 5.82 Å². The summed E-state index contributed by atoms with van der Waals surface area (Å²) in [5, 5.41) is 2.53. The standard InChI is InChI=1S/C18H17FN2OS/c1-22-15-8-4-13(5-9-15)16(17-11-23-18(20)21-17)10-12-2-6-14(19)7-3-12/h2-9,11,16H,10H2,1H3,(H2,20,21). The molecule has 0 bridgehead atoms. The Bertz CT molecular complexity index is 768. The molecule has 2 aromatic carbocycles. The predicted molar refractivity (Wildman–Crippen MR) is 91.5 cm³/mol. The van der Waals surface area contributed by atoms with Crippen LogP contribution in [-0.2, 0) is 6.42 Å². The average molecular weight is 328 g/mol. The monoisotopic (exact) mass is 328 g/mol. The molecule has 1 atom stereocenters. The molecule has 5 heteroatoms. The summed E-state index contributed by atoms with van der Waals surface area (Å²) in [6.45, 7) is 0. The first-order chi connectivity index (χ1) is 11.2. The van der Waals surface area contributed by atoms with Gasteiger partial charge < -0.3 is 10.5 Å². The predicted octanol–water partition coefficient (Wildman–Crippen LogP) is 4.25. The van der Waals surface area contributed by atoms with Crippen molar-refractivity contribution >= 4 is 16.5 Å². The Labute approximate surface area is 138 Å². The van der Waals surface area contributed by atoms with Crippen LogP contribution in [0.3, 0.4) is 0 Å². The summed E-state index contributed by atoms with van der Waals surface area (Å²) in [5.41, 5.74) is 8.90. The molecule has 3 rings (SSSR count). The molecule has 0 saturated heterocycles. The number of nitrogen functional groups attached to an aromatic ring is 1. The molecule has 0 aliphatic heterocycles. The number of hydrogen-bond acceptors (Lipinski definition) is 4. The molecule has 118 valence electrons. The normalized spacial score (nSPS) is 12.1. The lowest BCUT2D eigenvalue weighted by Crippen LogP contribution is -2.06. The van der Waals surface area contributed by atoms with Crippen molar-refractivity contribution in [2.45, 2.75) is 12.3 Å². The molecule has 0 amide bonds. The van der Waals surface area contributed by atoms with Crippen molar-refractivity contribution in [1.82, 2.24) is 4.98 Å². The lowest BCUT2D eigenvalue weighted by Gasteiger charge is -2.16. The maximum absolute atomic E-state index is 13.1. The molecule has 3 nitrogen and oxygen atoms in total. The van der Waals surface area contributed by atoms with Gasteiger partial charge in [0.15, 0.2) is 5.13 Å². The third-order valence-corrected chi connectivity index (χ3v) is 4.46. The fourth-order valence-corrected chi connectivity index (χ4v) is 3.16. The van der Waals surface area contributed by atoms with Crippen molar-refractivity contribution in [3.8, 4) is 5.75 Å². The zero-order valence-corrected chi connectivity index (χ0v) is 13.5. The molecule has 0 fully saturated rings. The van der Waals surface area contributed by atoms with Crippen LogP contribution in [0.15, 0.2) is 53.9 Å². The lowest BCUT2D eigenvalue weighted by atomic mass is 9.89. The second-order valence-corrected chi connectivity index (χ2v) is 6.16. The van der Waals surface area contributed by atoms with E-state index in [-0.39, 0.29) is 11.7 Å². The van der Waals surface area contributed by atoms with Crippen LogP contribution < -0.4 is 10.5 Å². The number of aromatic nitrogens is 1. The molecule has 0 aliphatic rings. The highest BCUT2D eigenvalue weighted by molar-refractivity contribution is 7.13. The zero-order chi connectivity index (χ0) is 16.2. The van der Waals surface area contributed by atoms with E-state index in [0.717, 1.165) is 29.0 Å². The molecule has 1 unspecified atom stereocenters. The summed E-state index contributed by atoms with van der Waals surface area (Å²) in [7, 11) is 1.64. The summed E-state index contributed by atoms with van der Waals surface area (Å²) in [4.78, 5) is 4.43. The maximum Gasteiger partial charge on any atom is 0.180 e. The third-order valence-electron chi connectivity index (χ3n) is 3.77. The van der Waals surface area contributed by atoms with Gasteiger partial charge in [0.1, 0.15) is 11.6 Å². The van der Waals surface area contributed by atoms with Crippen LogP contribution in [0.5, 0.6) is 5.75 Å². The topological polar surface area (TPSA) is 48.1 Å². The van der Waals surface area contributed by atoms with Crippen molar-refractivity contribution in [3.63, 3.8) is 0 Å². The van der Waals surface area contributed by atoms with Gasteiger partial charge in [0.25, 0.3) is 0 Å². The van der Waals surface area contributed by atoms with Gasteiger partial charge in [-0.3, -0.25) is 0 Å². The number of anilines is 1. The molecule has 1 heterocycles. The van der Waals surface area contributed by atoms with Gasteiger partial charge in [0.2, 0.25) is 0 Å². The Balaban J connectivity index is 1.94. The Morgan fingerprint density at radius 3 is 2.39 bits per heavy atom. The van der Waals surface area contributed by atoms with Gasteiger partial charge in [-0.25, -0.2) is 9.37 Å². The van der Waals surface area contributed by atoms with Gasteiger partial charge in [-0.2, -0.15) is 0 Å². The summed E-state index contributed by atoms with van der Waals surface area (Å²) < 4.78 is 18.3. The Morgan fingerprint density at radius 2 is 1.83 bits per heavy atom. The van der Waals surface area contributed by atoms with Gasteiger partial charge >= 0.3 is 0 Å². The number of ether oxygens (including phenoxy) is 1. The molecule has 1 aromatic heterocycles. The molecule has 0 saturated carbocycles. The summed E-state index contributed by atoms with van der Waals surface area (Å²) in [6.07, 6.45) is 0.732. The van der Waals surface area contributed by atoms with Crippen LogP contribution in [0.25, 0.3) is 0 Å². The van der Waals surface area contributed by atoms with Crippen molar-refractivity contribution in [3.05, 3.63) is 76.5 Å². The molecule has 23 heavy (non-hydrogen) atoms. The van der Waals surface area contributed by atoms with Gasteiger partial charge in [-0.05, 0) is 41.8 Å². The molecular formula is C18H17FN2OS. The van der Waals surface area contributed by atoms with Gasteiger partial charge in [-0.15, -0.1) is 11.3 Å². The largest absolute Gasteiger partial charge is 0.497 e. The number of halogens is 1. The highest BCUT2D eigenvalue weighted by Gasteiger charge is 2.18. The number of hydrogen-bond donors (Lipinski definition) is 1. The summed E-state index contributed by atoms with van der Waals surface area (Å²) in [6, 6.07) is 14.5.